The number of fused-ring (bicyclic) bond motifs is 1. The van der Waals surface area contributed by atoms with E-state index in [1.165, 1.54) is 30.0 Å². The number of thioether (sulfide) groups is 1. The van der Waals surface area contributed by atoms with Gasteiger partial charge < -0.3 is 4.42 Å². The lowest BCUT2D eigenvalue weighted by molar-refractivity contribution is -0.384. The van der Waals surface area contributed by atoms with E-state index in [0.717, 1.165) is 4.90 Å². The quantitative estimate of drug-likeness (QED) is 0.323. The number of allylic oxidation sites excluding steroid dienone is 1. The molecule has 4 rings (SSSR count). The average molecular weight is 384 g/mol. The summed E-state index contributed by atoms with van der Waals surface area (Å²) in [7, 11) is 0. The standard InChI is InChI=1S/C19H10ClNO4S/c20-15-7-5-11(21(23)24)9-14(15)16-8-6-12(25-16)10-18-19(22)13-3-1-2-4-17(13)26-18/h1-10H. The number of benzene rings is 2. The van der Waals surface area contributed by atoms with Crippen molar-refractivity contribution in [3.63, 3.8) is 0 Å². The van der Waals surface area contributed by atoms with Crippen molar-refractivity contribution in [3.8, 4) is 11.3 Å². The van der Waals surface area contributed by atoms with Gasteiger partial charge in [-0.1, -0.05) is 35.5 Å². The molecule has 26 heavy (non-hydrogen) atoms. The molecular weight excluding hydrogens is 374 g/mol. The molecule has 1 aliphatic heterocycles. The number of rotatable bonds is 3. The van der Waals surface area contributed by atoms with E-state index in [0.29, 0.717) is 32.6 Å². The van der Waals surface area contributed by atoms with Crippen molar-refractivity contribution in [1.82, 2.24) is 0 Å². The molecule has 1 aliphatic rings. The minimum absolute atomic E-state index is 0.0445. The summed E-state index contributed by atoms with van der Waals surface area (Å²) in [5.41, 5.74) is 1.04. The van der Waals surface area contributed by atoms with Crippen LogP contribution in [0.25, 0.3) is 17.4 Å². The number of hydrogen-bond donors (Lipinski definition) is 0. The molecule has 2 aromatic carbocycles. The highest BCUT2D eigenvalue weighted by Crippen LogP contribution is 2.41. The second-order valence-corrected chi connectivity index (χ2v) is 7.05. The first kappa shape index (κ1) is 16.6. The smallest absolute Gasteiger partial charge is 0.270 e. The van der Waals surface area contributed by atoms with Crippen molar-refractivity contribution in [2.45, 2.75) is 4.90 Å². The third-order valence-electron chi connectivity index (χ3n) is 3.90. The molecule has 0 radical (unpaired) electrons. The summed E-state index contributed by atoms with van der Waals surface area (Å²) in [5, 5.41) is 11.3. The van der Waals surface area contributed by atoms with Gasteiger partial charge in [-0.05, 0) is 36.4 Å². The van der Waals surface area contributed by atoms with Gasteiger partial charge in [0.15, 0.2) is 0 Å². The molecular formula is C19H10ClNO4S. The van der Waals surface area contributed by atoms with E-state index in [9.17, 15) is 14.9 Å². The molecule has 0 atom stereocenters. The van der Waals surface area contributed by atoms with Gasteiger partial charge in [0.05, 0.1) is 14.9 Å². The maximum absolute atomic E-state index is 12.4. The first-order valence-electron chi connectivity index (χ1n) is 7.60. The number of halogens is 1. The number of carbonyl (C=O) groups excluding carboxylic acids is 1. The molecule has 0 spiro atoms. The first-order chi connectivity index (χ1) is 12.5. The van der Waals surface area contributed by atoms with Crippen molar-refractivity contribution >= 4 is 40.9 Å². The van der Waals surface area contributed by atoms with E-state index in [4.69, 9.17) is 16.0 Å². The Balaban J connectivity index is 1.67. The van der Waals surface area contributed by atoms with E-state index in [1.54, 1.807) is 24.3 Å². The number of furan rings is 1. The number of nitrogens with zero attached hydrogens (tertiary/aromatic N) is 1. The fraction of sp³-hybridized carbons (Fsp3) is 0. The van der Waals surface area contributed by atoms with Crippen LogP contribution in [-0.4, -0.2) is 10.7 Å². The van der Waals surface area contributed by atoms with Crippen LogP contribution < -0.4 is 0 Å². The Morgan fingerprint density at radius 2 is 1.88 bits per heavy atom. The minimum atomic E-state index is -0.489. The van der Waals surface area contributed by atoms with Gasteiger partial charge in [0.25, 0.3) is 5.69 Å². The van der Waals surface area contributed by atoms with Crippen LogP contribution >= 0.6 is 23.4 Å². The summed E-state index contributed by atoms with van der Waals surface area (Å²) in [6.45, 7) is 0. The van der Waals surface area contributed by atoms with Crippen LogP contribution in [-0.2, 0) is 0 Å². The topological polar surface area (TPSA) is 73.3 Å². The molecule has 0 bridgehead atoms. The van der Waals surface area contributed by atoms with Crippen LogP contribution in [0.1, 0.15) is 16.1 Å². The molecule has 0 aliphatic carbocycles. The van der Waals surface area contributed by atoms with Gasteiger partial charge in [0.2, 0.25) is 5.78 Å². The van der Waals surface area contributed by atoms with Gasteiger partial charge in [0.1, 0.15) is 11.5 Å². The van der Waals surface area contributed by atoms with Crippen LogP contribution in [0.5, 0.6) is 0 Å². The van der Waals surface area contributed by atoms with Gasteiger partial charge >= 0.3 is 0 Å². The lowest BCUT2D eigenvalue weighted by atomic mass is 10.1. The van der Waals surface area contributed by atoms with Crippen LogP contribution in [0.2, 0.25) is 5.02 Å². The van der Waals surface area contributed by atoms with Gasteiger partial charge in [-0.25, -0.2) is 0 Å². The normalized spacial score (nSPS) is 14.7. The highest BCUT2D eigenvalue weighted by molar-refractivity contribution is 8.04. The number of carbonyl (C=O) groups is 1. The molecule has 7 heteroatoms. The Morgan fingerprint density at radius 1 is 1.08 bits per heavy atom. The van der Waals surface area contributed by atoms with Gasteiger partial charge in [0, 0.05) is 28.2 Å². The van der Waals surface area contributed by atoms with Crippen LogP contribution in [0.3, 0.4) is 0 Å². The van der Waals surface area contributed by atoms with E-state index in [2.05, 4.69) is 0 Å². The molecule has 2 heterocycles. The summed E-state index contributed by atoms with van der Waals surface area (Å²) >= 11 is 7.53. The minimum Gasteiger partial charge on any atom is -0.457 e. The van der Waals surface area contributed by atoms with Gasteiger partial charge in [-0.2, -0.15) is 0 Å². The fourth-order valence-electron chi connectivity index (χ4n) is 2.66. The number of hydrogen-bond acceptors (Lipinski definition) is 5. The Kier molecular flexibility index (Phi) is 4.14. The Morgan fingerprint density at radius 3 is 2.65 bits per heavy atom. The average Bonchev–Trinajstić information content (AvgIpc) is 3.21. The fourth-order valence-corrected chi connectivity index (χ4v) is 3.90. The molecule has 1 aromatic heterocycles. The second-order valence-electron chi connectivity index (χ2n) is 5.56. The zero-order valence-electron chi connectivity index (χ0n) is 13.1. The van der Waals surface area contributed by atoms with Crippen molar-refractivity contribution in [3.05, 3.63) is 86.0 Å². The molecule has 0 amide bonds. The number of non-ortho nitro benzene ring substituents is 1. The summed E-state index contributed by atoms with van der Waals surface area (Å²) in [4.78, 5) is 24.4. The summed E-state index contributed by atoms with van der Waals surface area (Å²) in [5.74, 6) is 0.835. The Labute approximate surface area is 157 Å². The zero-order valence-corrected chi connectivity index (χ0v) is 14.7. The maximum Gasteiger partial charge on any atom is 0.270 e. The summed E-state index contributed by atoms with van der Waals surface area (Å²) < 4.78 is 5.75. The van der Waals surface area contributed by atoms with E-state index in [-0.39, 0.29) is 11.5 Å². The Hall–Kier alpha value is -2.83. The number of nitro groups is 1. The van der Waals surface area contributed by atoms with Gasteiger partial charge in [-0.3, -0.25) is 14.9 Å². The van der Waals surface area contributed by atoms with Gasteiger partial charge in [-0.15, -0.1) is 0 Å². The van der Waals surface area contributed by atoms with Crippen LogP contribution in [0.4, 0.5) is 5.69 Å². The number of ketones is 1. The number of Topliss-reactive ketones (excluding diaryl/α,β-unsaturated/α-hetero) is 1. The number of nitro benzene ring substituents is 1. The maximum atomic E-state index is 12.4. The summed E-state index contributed by atoms with van der Waals surface area (Å²) in [6.07, 6.45) is 1.67. The van der Waals surface area contributed by atoms with Crippen molar-refractivity contribution in [1.29, 1.82) is 0 Å². The predicted molar refractivity (Wildman–Crippen MR) is 100 cm³/mol. The highest BCUT2D eigenvalue weighted by Gasteiger charge is 2.25. The molecule has 0 saturated heterocycles. The molecule has 3 aromatic rings. The lowest BCUT2D eigenvalue weighted by Crippen LogP contribution is -1.93. The molecule has 0 N–H and O–H groups in total. The van der Waals surface area contributed by atoms with Crippen molar-refractivity contribution < 1.29 is 14.1 Å². The molecule has 128 valence electrons. The predicted octanol–water partition coefficient (Wildman–Crippen LogP) is 5.84. The third kappa shape index (κ3) is 2.94. The lowest BCUT2D eigenvalue weighted by Gasteiger charge is -2.00. The largest absolute Gasteiger partial charge is 0.457 e. The van der Waals surface area contributed by atoms with E-state index < -0.39 is 4.92 Å². The Bertz CT molecular complexity index is 1090. The molecule has 0 fully saturated rings. The highest BCUT2D eigenvalue weighted by atomic mass is 35.5. The SMILES string of the molecule is O=C1C(=Cc2ccc(-c3cc([N+](=O)[O-])ccc3Cl)o2)Sc2ccccc21. The third-order valence-corrected chi connectivity index (χ3v) is 5.33. The molecule has 5 nitrogen and oxygen atoms in total. The summed E-state index contributed by atoms with van der Waals surface area (Å²) in [6, 6.07) is 14.9. The van der Waals surface area contributed by atoms with Crippen molar-refractivity contribution in [2.24, 2.45) is 0 Å². The van der Waals surface area contributed by atoms with Crippen molar-refractivity contribution in [2.75, 3.05) is 0 Å². The monoisotopic (exact) mass is 383 g/mol. The second kappa shape index (κ2) is 6.48. The van der Waals surface area contributed by atoms with E-state index >= 15 is 0 Å². The molecule has 0 saturated carbocycles. The zero-order chi connectivity index (χ0) is 18.3. The van der Waals surface area contributed by atoms with E-state index in [1.807, 2.05) is 18.2 Å². The van der Waals surface area contributed by atoms with Crippen LogP contribution in [0.15, 0.2) is 68.8 Å². The van der Waals surface area contributed by atoms with Crippen LogP contribution in [0, 0.1) is 10.1 Å². The molecule has 0 unspecified atom stereocenters. The first-order valence-corrected chi connectivity index (χ1v) is 8.80.